The summed E-state index contributed by atoms with van der Waals surface area (Å²) < 4.78 is 6.28. The molecule has 2 aliphatic carbocycles. The monoisotopic (exact) mass is 651 g/mol. The highest BCUT2D eigenvalue weighted by molar-refractivity contribution is 6.30. The molecule has 0 bridgehead atoms. The van der Waals surface area contributed by atoms with Crippen LogP contribution in [0.25, 0.3) is 0 Å². The highest BCUT2D eigenvalue weighted by Gasteiger charge is 2.39. The standard InChI is InChI=1S/C36H46ClN3O6/c1-36(2,28-12-7-13-29(37)22-28)32(27-15-14-24-10-6-11-26(24)21-27)46-35(45)38-30(20-23-8-4-3-5-9-23)33(43)39-40-19-18-25(34(40)44)16-17-31(41)42/h7,12-15,21-23,25,30,32H,3-6,8-11,16-20H2,1-2H3,(H,38,45)(H,39,43)(H,41,42)/t25-,30-,32?/m0/s1. The van der Waals surface area contributed by atoms with Gasteiger partial charge in [-0.05, 0) is 78.8 Å². The number of carbonyl (C=O) groups is 4. The Kier molecular flexibility index (Phi) is 10.9. The minimum atomic E-state index is -0.956. The van der Waals surface area contributed by atoms with Gasteiger partial charge in [0.2, 0.25) is 5.91 Å². The van der Waals surface area contributed by atoms with Crippen LogP contribution in [-0.2, 0) is 37.4 Å². The summed E-state index contributed by atoms with van der Waals surface area (Å²) in [5.74, 6) is -1.92. The third-order valence-electron chi connectivity index (χ3n) is 10.0. The van der Waals surface area contributed by atoms with Crippen molar-refractivity contribution >= 4 is 35.5 Å². The van der Waals surface area contributed by atoms with Gasteiger partial charge >= 0.3 is 12.1 Å². The summed E-state index contributed by atoms with van der Waals surface area (Å²) in [4.78, 5) is 51.4. The summed E-state index contributed by atoms with van der Waals surface area (Å²) in [7, 11) is 0. The molecule has 3 atom stereocenters. The SMILES string of the molecule is CC(C)(c1cccc(Cl)c1)C(OC(=O)N[C@@H](CC1CCCCC1)C(=O)NN1CC[C@H](CCC(=O)O)C1=O)c1ccc2c(c1)CCC2. The predicted octanol–water partition coefficient (Wildman–Crippen LogP) is 6.66. The maximum Gasteiger partial charge on any atom is 0.408 e. The molecule has 1 aliphatic heterocycles. The Bertz CT molecular complexity index is 1440. The second-order valence-electron chi connectivity index (χ2n) is 13.7. The molecular weight excluding hydrogens is 606 g/mol. The van der Waals surface area contributed by atoms with E-state index < -0.39 is 41.4 Å². The van der Waals surface area contributed by atoms with Crippen LogP contribution in [-0.4, -0.2) is 46.6 Å². The van der Waals surface area contributed by atoms with Crippen LogP contribution in [0.2, 0.25) is 5.02 Å². The fraction of sp³-hybridized carbons (Fsp3) is 0.556. The molecule has 3 aliphatic rings. The van der Waals surface area contributed by atoms with E-state index in [0.29, 0.717) is 24.4 Å². The number of ether oxygens (including phenoxy) is 1. The van der Waals surface area contributed by atoms with Crippen molar-refractivity contribution in [1.29, 1.82) is 0 Å². The Morgan fingerprint density at radius 1 is 1.02 bits per heavy atom. The molecule has 5 rings (SSSR count). The van der Waals surface area contributed by atoms with Gasteiger partial charge in [0.05, 0.1) is 0 Å². The van der Waals surface area contributed by atoms with Crippen molar-refractivity contribution < 1.29 is 29.0 Å². The Labute approximate surface area is 276 Å². The van der Waals surface area contributed by atoms with Crippen LogP contribution >= 0.6 is 11.6 Å². The van der Waals surface area contributed by atoms with Crippen molar-refractivity contribution in [3.63, 3.8) is 0 Å². The molecule has 1 unspecified atom stereocenters. The highest BCUT2D eigenvalue weighted by Crippen LogP contribution is 2.42. The quantitative estimate of drug-likeness (QED) is 0.236. The maximum atomic E-state index is 13.8. The van der Waals surface area contributed by atoms with Gasteiger partial charge < -0.3 is 15.2 Å². The van der Waals surface area contributed by atoms with Crippen molar-refractivity contribution in [2.75, 3.05) is 6.54 Å². The van der Waals surface area contributed by atoms with Gasteiger partial charge in [-0.15, -0.1) is 0 Å². The number of carboxylic acid groups (broad SMARTS) is 1. The Morgan fingerprint density at radius 3 is 2.52 bits per heavy atom. The smallest absolute Gasteiger partial charge is 0.408 e. The molecule has 1 saturated heterocycles. The van der Waals surface area contributed by atoms with Gasteiger partial charge in [0, 0.05) is 29.3 Å². The highest BCUT2D eigenvalue weighted by atomic mass is 35.5. The Hall–Kier alpha value is -3.59. The fourth-order valence-corrected chi connectivity index (χ4v) is 7.52. The van der Waals surface area contributed by atoms with Crippen LogP contribution in [0.4, 0.5) is 4.79 Å². The number of hydrazine groups is 1. The van der Waals surface area contributed by atoms with Crippen molar-refractivity contribution in [3.8, 4) is 0 Å². The number of alkyl carbamates (subject to hydrolysis) is 1. The van der Waals surface area contributed by atoms with E-state index in [0.717, 1.165) is 62.5 Å². The van der Waals surface area contributed by atoms with Crippen LogP contribution < -0.4 is 10.7 Å². The van der Waals surface area contributed by atoms with Gasteiger partial charge in [0.1, 0.15) is 12.1 Å². The molecule has 2 aromatic rings. The molecule has 1 heterocycles. The molecule has 0 aromatic heterocycles. The number of halogens is 1. The second-order valence-corrected chi connectivity index (χ2v) is 14.2. The van der Waals surface area contributed by atoms with E-state index in [-0.39, 0.29) is 24.7 Å². The Balaban J connectivity index is 1.35. The van der Waals surface area contributed by atoms with Gasteiger partial charge in [-0.2, -0.15) is 0 Å². The van der Waals surface area contributed by atoms with E-state index in [1.54, 1.807) is 0 Å². The average molecular weight is 652 g/mol. The van der Waals surface area contributed by atoms with Gasteiger partial charge in [-0.25, -0.2) is 4.79 Å². The lowest BCUT2D eigenvalue weighted by Gasteiger charge is -2.36. The maximum absolute atomic E-state index is 13.8. The number of hydrogen-bond acceptors (Lipinski definition) is 5. The molecule has 3 N–H and O–H groups in total. The molecule has 1 saturated carbocycles. The third kappa shape index (κ3) is 8.21. The number of aryl methyl sites for hydroxylation is 2. The molecule has 248 valence electrons. The van der Waals surface area contributed by atoms with E-state index in [1.807, 2.05) is 44.2 Å². The number of rotatable bonds is 12. The number of carbonyl (C=O) groups excluding carboxylic acids is 3. The molecule has 0 spiro atoms. The number of nitrogens with zero attached hydrogens (tertiary/aromatic N) is 1. The molecule has 9 nitrogen and oxygen atoms in total. The molecular formula is C36H46ClN3O6. The molecule has 2 fully saturated rings. The van der Waals surface area contributed by atoms with Gasteiger partial charge in [0.15, 0.2) is 0 Å². The fourth-order valence-electron chi connectivity index (χ4n) is 7.32. The summed E-state index contributed by atoms with van der Waals surface area (Å²) >= 11 is 6.38. The average Bonchev–Trinajstić information content (AvgIpc) is 3.64. The zero-order valence-electron chi connectivity index (χ0n) is 26.9. The lowest BCUT2D eigenvalue weighted by atomic mass is 9.76. The number of benzene rings is 2. The van der Waals surface area contributed by atoms with Crippen molar-refractivity contribution in [2.24, 2.45) is 11.8 Å². The van der Waals surface area contributed by atoms with Crippen molar-refractivity contribution in [1.82, 2.24) is 15.8 Å². The van der Waals surface area contributed by atoms with Crippen LogP contribution in [0.5, 0.6) is 0 Å². The molecule has 3 amide bonds. The molecule has 46 heavy (non-hydrogen) atoms. The normalized spacial score (nSPS) is 19.8. The number of amides is 3. The zero-order valence-corrected chi connectivity index (χ0v) is 27.6. The minimum Gasteiger partial charge on any atom is -0.481 e. The number of nitrogens with one attached hydrogen (secondary N) is 2. The van der Waals surface area contributed by atoms with Crippen LogP contribution in [0.1, 0.15) is 106 Å². The lowest BCUT2D eigenvalue weighted by molar-refractivity contribution is -0.142. The minimum absolute atomic E-state index is 0.104. The van der Waals surface area contributed by atoms with E-state index in [1.165, 1.54) is 16.1 Å². The van der Waals surface area contributed by atoms with Crippen molar-refractivity contribution in [2.45, 2.75) is 108 Å². The summed E-state index contributed by atoms with van der Waals surface area (Å²) in [5.41, 5.74) is 6.44. The Morgan fingerprint density at radius 2 is 1.78 bits per heavy atom. The lowest BCUT2D eigenvalue weighted by Crippen LogP contribution is -2.54. The van der Waals surface area contributed by atoms with Gasteiger partial charge in [-0.3, -0.25) is 24.8 Å². The zero-order chi connectivity index (χ0) is 32.8. The molecule has 10 heteroatoms. The molecule has 0 radical (unpaired) electrons. The predicted molar refractivity (Wildman–Crippen MR) is 175 cm³/mol. The first-order chi connectivity index (χ1) is 22.0. The number of aliphatic carboxylic acids is 1. The summed E-state index contributed by atoms with van der Waals surface area (Å²) in [6, 6.07) is 12.9. The van der Waals surface area contributed by atoms with Gasteiger partial charge in [-0.1, -0.05) is 87.9 Å². The summed E-state index contributed by atoms with van der Waals surface area (Å²) in [6.07, 6.45) is 8.02. The second kappa shape index (κ2) is 14.9. The van der Waals surface area contributed by atoms with E-state index in [2.05, 4.69) is 22.9 Å². The first-order valence-electron chi connectivity index (χ1n) is 16.7. The summed E-state index contributed by atoms with van der Waals surface area (Å²) in [6.45, 7) is 4.34. The largest absolute Gasteiger partial charge is 0.481 e. The van der Waals surface area contributed by atoms with E-state index >= 15 is 0 Å². The van der Waals surface area contributed by atoms with Crippen LogP contribution in [0, 0.1) is 11.8 Å². The van der Waals surface area contributed by atoms with E-state index in [4.69, 9.17) is 21.4 Å². The molecule has 2 aromatic carbocycles. The van der Waals surface area contributed by atoms with E-state index in [9.17, 15) is 19.2 Å². The van der Waals surface area contributed by atoms with Crippen molar-refractivity contribution in [3.05, 3.63) is 69.7 Å². The number of carboxylic acids is 1. The number of hydrogen-bond donors (Lipinski definition) is 3. The first-order valence-corrected chi connectivity index (χ1v) is 17.1. The summed E-state index contributed by atoms with van der Waals surface area (Å²) in [5, 5.41) is 13.8. The third-order valence-corrected chi connectivity index (χ3v) is 10.3. The topological polar surface area (TPSA) is 125 Å². The van der Waals surface area contributed by atoms with Crippen LogP contribution in [0.3, 0.4) is 0 Å². The van der Waals surface area contributed by atoms with Crippen LogP contribution in [0.15, 0.2) is 42.5 Å². The first kappa shape index (κ1) is 33.8. The van der Waals surface area contributed by atoms with Gasteiger partial charge in [0.25, 0.3) is 5.91 Å². The number of fused-ring (bicyclic) bond motifs is 1.